The molecule has 0 radical (unpaired) electrons. The van der Waals surface area contributed by atoms with Crippen molar-refractivity contribution >= 4 is 46.5 Å². The van der Waals surface area contributed by atoms with Crippen LogP contribution >= 0.6 is 11.6 Å². The average molecular weight is 386 g/mol. The third-order valence-electron chi connectivity index (χ3n) is 4.05. The Balaban J connectivity index is 1.82. The summed E-state index contributed by atoms with van der Waals surface area (Å²) in [7, 11) is 1.25. The van der Waals surface area contributed by atoms with Crippen molar-refractivity contribution in [1.29, 1.82) is 0 Å². The minimum atomic E-state index is -1.09. The first-order chi connectivity index (χ1) is 12.9. The van der Waals surface area contributed by atoms with Crippen molar-refractivity contribution < 1.29 is 19.1 Å². The molecular weight excluding hydrogens is 370 g/mol. The summed E-state index contributed by atoms with van der Waals surface area (Å²) in [5, 5.41) is 8.51. The summed E-state index contributed by atoms with van der Waals surface area (Å²) in [6.07, 6.45) is 0. The van der Waals surface area contributed by atoms with Crippen molar-refractivity contribution in [2.75, 3.05) is 17.4 Å². The minimum absolute atomic E-state index is 0.197. The van der Waals surface area contributed by atoms with Crippen molar-refractivity contribution in [3.8, 4) is 0 Å². The summed E-state index contributed by atoms with van der Waals surface area (Å²) in [5.74, 6) is -2.74. The van der Waals surface area contributed by atoms with E-state index in [0.29, 0.717) is 16.4 Å². The molecule has 3 rings (SSSR count). The van der Waals surface area contributed by atoms with Crippen LogP contribution in [0.4, 0.5) is 11.4 Å². The maximum absolute atomic E-state index is 12.7. The topological polar surface area (TPSA) is 88.1 Å². The molecule has 2 amide bonds. The monoisotopic (exact) mass is 385 g/mol. The number of methoxy groups -OCH3 is 1. The SMILES string of the molecule is COC(=O)c1ccccc1NC(=O)[C@H]1C(=O)N(c2ccc(Cl)cc2)N=C1C. The lowest BCUT2D eigenvalue weighted by Gasteiger charge is -2.15. The van der Waals surface area contributed by atoms with Crippen LogP contribution in [-0.2, 0) is 14.3 Å². The zero-order valence-electron chi connectivity index (χ0n) is 14.6. The van der Waals surface area contributed by atoms with Gasteiger partial charge in [-0.15, -0.1) is 0 Å². The molecule has 2 aromatic rings. The van der Waals surface area contributed by atoms with E-state index in [4.69, 9.17) is 16.3 Å². The van der Waals surface area contributed by atoms with Gasteiger partial charge in [0.1, 0.15) is 0 Å². The molecule has 1 aliphatic rings. The number of nitrogens with one attached hydrogen (secondary N) is 1. The zero-order chi connectivity index (χ0) is 19.6. The predicted molar refractivity (Wildman–Crippen MR) is 102 cm³/mol. The third kappa shape index (κ3) is 3.68. The zero-order valence-corrected chi connectivity index (χ0v) is 15.4. The van der Waals surface area contributed by atoms with Gasteiger partial charge in [0.25, 0.3) is 5.91 Å². The quantitative estimate of drug-likeness (QED) is 0.647. The van der Waals surface area contributed by atoms with Gasteiger partial charge in [0, 0.05) is 5.02 Å². The number of esters is 1. The molecule has 2 aromatic carbocycles. The Bertz CT molecular complexity index is 940. The van der Waals surface area contributed by atoms with E-state index in [1.54, 1.807) is 49.4 Å². The second-order valence-electron chi connectivity index (χ2n) is 5.83. The van der Waals surface area contributed by atoms with E-state index in [1.165, 1.54) is 18.2 Å². The van der Waals surface area contributed by atoms with Crippen LogP contribution in [0.5, 0.6) is 0 Å². The third-order valence-corrected chi connectivity index (χ3v) is 4.31. The fourth-order valence-electron chi connectivity index (χ4n) is 2.72. The van der Waals surface area contributed by atoms with Gasteiger partial charge in [-0.05, 0) is 43.3 Å². The highest BCUT2D eigenvalue weighted by Gasteiger charge is 2.40. The average Bonchev–Trinajstić information content (AvgIpc) is 2.96. The number of hydrogen-bond acceptors (Lipinski definition) is 5. The van der Waals surface area contributed by atoms with E-state index in [2.05, 4.69) is 10.4 Å². The number of rotatable bonds is 4. The lowest BCUT2D eigenvalue weighted by atomic mass is 10.0. The molecule has 7 nitrogen and oxygen atoms in total. The smallest absolute Gasteiger partial charge is 0.339 e. The van der Waals surface area contributed by atoms with E-state index in [9.17, 15) is 14.4 Å². The van der Waals surface area contributed by atoms with Crippen LogP contribution in [0, 0.1) is 5.92 Å². The molecule has 1 N–H and O–H groups in total. The Morgan fingerprint density at radius 1 is 1.15 bits per heavy atom. The summed E-state index contributed by atoms with van der Waals surface area (Å²) in [4.78, 5) is 37.3. The molecule has 0 saturated carbocycles. The van der Waals surface area contributed by atoms with Gasteiger partial charge in [-0.25, -0.2) is 4.79 Å². The molecule has 0 unspecified atom stereocenters. The van der Waals surface area contributed by atoms with Gasteiger partial charge in [-0.3, -0.25) is 9.59 Å². The lowest BCUT2D eigenvalue weighted by molar-refractivity contribution is -0.127. The summed E-state index contributed by atoms with van der Waals surface area (Å²) in [5.41, 5.74) is 1.32. The first-order valence-electron chi connectivity index (χ1n) is 8.05. The molecule has 8 heteroatoms. The highest BCUT2D eigenvalue weighted by molar-refractivity contribution is 6.31. The van der Waals surface area contributed by atoms with E-state index >= 15 is 0 Å². The van der Waals surface area contributed by atoms with Crippen LogP contribution in [0.1, 0.15) is 17.3 Å². The lowest BCUT2D eigenvalue weighted by Crippen LogP contribution is -2.36. The van der Waals surface area contributed by atoms with Crippen molar-refractivity contribution in [2.45, 2.75) is 6.92 Å². The number of carbonyl (C=O) groups is 3. The van der Waals surface area contributed by atoms with Crippen LogP contribution < -0.4 is 10.3 Å². The predicted octanol–water partition coefficient (Wildman–Crippen LogP) is 3.10. The van der Waals surface area contributed by atoms with Crippen molar-refractivity contribution in [2.24, 2.45) is 11.0 Å². The van der Waals surface area contributed by atoms with Crippen molar-refractivity contribution in [3.63, 3.8) is 0 Å². The maximum Gasteiger partial charge on any atom is 0.339 e. The van der Waals surface area contributed by atoms with E-state index in [-0.39, 0.29) is 11.3 Å². The Morgan fingerprint density at radius 3 is 2.48 bits per heavy atom. The van der Waals surface area contributed by atoms with Gasteiger partial charge in [0.15, 0.2) is 5.92 Å². The Hall–Kier alpha value is -3.19. The van der Waals surface area contributed by atoms with Gasteiger partial charge in [0.2, 0.25) is 5.91 Å². The molecule has 138 valence electrons. The van der Waals surface area contributed by atoms with E-state index < -0.39 is 23.7 Å². The fraction of sp³-hybridized carbons (Fsp3) is 0.158. The fourth-order valence-corrected chi connectivity index (χ4v) is 2.85. The molecule has 0 aliphatic carbocycles. The van der Waals surface area contributed by atoms with E-state index in [1.807, 2.05) is 0 Å². The number of carbonyl (C=O) groups excluding carboxylic acids is 3. The number of anilines is 2. The molecular formula is C19H16ClN3O4. The summed E-state index contributed by atoms with van der Waals surface area (Å²) < 4.78 is 4.71. The van der Waals surface area contributed by atoms with Crippen molar-refractivity contribution in [3.05, 3.63) is 59.1 Å². The number of amides is 2. The number of nitrogens with zero attached hydrogens (tertiary/aromatic N) is 2. The second kappa shape index (κ2) is 7.59. The number of ether oxygens (including phenoxy) is 1. The minimum Gasteiger partial charge on any atom is -0.465 e. The standard InChI is InChI=1S/C19H16ClN3O4/c1-11-16(18(25)23(22-11)13-9-7-12(20)8-10-13)17(24)21-15-6-4-3-5-14(15)19(26)27-2/h3-10,16H,1-2H3,(H,21,24)/t16-/m0/s1. The van der Waals surface area contributed by atoms with E-state index in [0.717, 1.165) is 0 Å². The first-order valence-corrected chi connectivity index (χ1v) is 8.43. The van der Waals surface area contributed by atoms with Crippen molar-refractivity contribution in [1.82, 2.24) is 0 Å². The molecule has 0 spiro atoms. The number of benzene rings is 2. The largest absolute Gasteiger partial charge is 0.465 e. The van der Waals surface area contributed by atoms with Gasteiger partial charge in [-0.2, -0.15) is 10.1 Å². The molecule has 1 aliphatic heterocycles. The molecule has 0 aromatic heterocycles. The van der Waals surface area contributed by atoms with Crippen LogP contribution in [-0.4, -0.2) is 30.6 Å². The summed E-state index contributed by atoms with van der Waals surface area (Å²) in [6.45, 7) is 1.60. The summed E-state index contributed by atoms with van der Waals surface area (Å²) >= 11 is 5.86. The van der Waals surface area contributed by atoms with Gasteiger partial charge in [-0.1, -0.05) is 23.7 Å². The van der Waals surface area contributed by atoms with Crippen LogP contribution in [0.15, 0.2) is 53.6 Å². The molecule has 0 saturated heterocycles. The van der Waals surface area contributed by atoms with Gasteiger partial charge in [0.05, 0.1) is 29.8 Å². The Morgan fingerprint density at radius 2 is 1.81 bits per heavy atom. The molecule has 27 heavy (non-hydrogen) atoms. The second-order valence-corrected chi connectivity index (χ2v) is 6.26. The van der Waals surface area contributed by atoms with Crippen LogP contribution in [0.25, 0.3) is 0 Å². The van der Waals surface area contributed by atoms with Crippen LogP contribution in [0.2, 0.25) is 5.02 Å². The molecule has 1 atom stereocenters. The molecule has 0 fully saturated rings. The summed E-state index contributed by atoms with van der Waals surface area (Å²) in [6, 6.07) is 13.0. The maximum atomic E-state index is 12.7. The number of hydrazone groups is 1. The number of hydrogen-bond donors (Lipinski definition) is 1. The first kappa shape index (κ1) is 18.6. The molecule has 1 heterocycles. The van der Waals surface area contributed by atoms with Gasteiger partial charge >= 0.3 is 5.97 Å². The Labute approximate surface area is 160 Å². The number of halogens is 1. The highest BCUT2D eigenvalue weighted by Crippen LogP contribution is 2.26. The van der Waals surface area contributed by atoms with Gasteiger partial charge < -0.3 is 10.1 Å². The normalized spacial score (nSPS) is 16.1. The number of para-hydroxylation sites is 1. The Kier molecular flexibility index (Phi) is 5.23. The molecule has 0 bridgehead atoms. The van der Waals surface area contributed by atoms with Crippen LogP contribution in [0.3, 0.4) is 0 Å². The highest BCUT2D eigenvalue weighted by atomic mass is 35.5.